The number of allylic oxidation sites excluding steroid dienone is 2. The molecule has 1 aromatic heterocycles. The van der Waals surface area contributed by atoms with Gasteiger partial charge in [-0.05, 0) is 26.0 Å². The molecule has 16 nitrogen and oxygen atoms in total. The maximum Gasteiger partial charge on any atom is 0.312 e. The van der Waals surface area contributed by atoms with Crippen molar-refractivity contribution in [3.8, 4) is 11.5 Å². The SMILES string of the molecule is CO[C@H]1/C=C/O[C@@]2(C)Oc3c(C)c(=O)c4c(O)c(c5oc6cc7c(cc6nc5c4c3C2=O)N(C)CCN7C)NC(=O)/C(C)=C\C=C\[C@H](C)[C@H](O)[C@@H](C)[C@@H](O)[C@@H](C)[C@H](OC(C)=O)[C@@H]1C. The number of amides is 1. The van der Waals surface area contributed by atoms with Crippen molar-refractivity contribution >= 4 is 67.7 Å². The maximum absolute atomic E-state index is 14.8. The van der Waals surface area contributed by atoms with Crippen LogP contribution in [0.3, 0.4) is 0 Å². The molecule has 4 bridgehead atoms. The molecular formula is C47H56N4O12. The lowest BCUT2D eigenvalue weighted by Crippen LogP contribution is -2.46. The molecule has 336 valence electrons. The molecule has 1 amide bonds. The molecule has 0 fully saturated rings. The number of carbonyl (C=O) groups is 3. The fraction of sp³-hybridized carbons (Fsp3) is 0.468. The first-order valence-electron chi connectivity index (χ1n) is 21.1. The third kappa shape index (κ3) is 7.78. The van der Waals surface area contributed by atoms with Gasteiger partial charge < -0.3 is 53.8 Å². The van der Waals surface area contributed by atoms with Crippen molar-refractivity contribution in [3.05, 3.63) is 69.6 Å². The molecule has 0 aliphatic carbocycles. The Hall–Kier alpha value is -5.97. The summed E-state index contributed by atoms with van der Waals surface area (Å²) in [6.45, 7) is 14.1. The zero-order chi connectivity index (χ0) is 46.0. The van der Waals surface area contributed by atoms with Crippen molar-refractivity contribution in [2.75, 3.05) is 49.4 Å². The van der Waals surface area contributed by atoms with E-state index in [0.29, 0.717) is 11.1 Å². The quantitative estimate of drug-likeness (QED) is 0.0802. The summed E-state index contributed by atoms with van der Waals surface area (Å²) in [7, 11) is 5.37. The lowest BCUT2D eigenvalue weighted by molar-refractivity contribution is -0.160. The number of aromatic hydroxyl groups is 1. The predicted molar refractivity (Wildman–Crippen MR) is 238 cm³/mol. The average molecular weight is 869 g/mol. The number of esters is 1. The average Bonchev–Trinajstić information content (AvgIpc) is 3.51. The van der Waals surface area contributed by atoms with Crippen molar-refractivity contribution in [3.63, 3.8) is 0 Å². The number of anilines is 3. The first-order valence-corrected chi connectivity index (χ1v) is 21.1. The Morgan fingerprint density at radius 3 is 2.27 bits per heavy atom. The Morgan fingerprint density at radius 2 is 1.62 bits per heavy atom. The monoisotopic (exact) mass is 868 g/mol. The Morgan fingerprint density at radius 1 is 0.952 bits per heavy atom. The molecule has 16 heteroatoms. The number of hydrogen-bond donors (Lipinski definition) is 4. The summed E-state index contributed by atoms with van der Waals surface area (Å²) >= 11 is 0. The molecule has 0 radical (unpaired) electrons. The van der Waals surface area contributed by atoms with Crippen LogP contribution in [0, 0.1) is 30.6 Å². The number of benzene rings is 3. The number of rotatable bonds is 2. The Kier molecular flexibility index (Phi) is 12.1. The number of aliphatic hydroxyl groups is 2. The van der Waals surface area contributed by atoms with Crippen LogP contribution in [0.5, 0.6) is 11.5 Å². The highest BCUT2D eigenvalue weighted by Crippen LogP contribution is 2.49. The second-order valence-corrected chi connectivity index (χ2v) is 17.4. The number of hydrogen-bond acceptors (Lipinski definition) is 15. The van der Waals surface area contributed by atoms with E-state index in [1.54, 1.807) is 46.8 Å². The third-order valence-electron chi connectivity index (χ3n) is 13.0. The van der Waals surface area contributed by atoms with E-state index in [2.05, 4.69) is 15.1 Å². The maximum atomic E-state index is 14.8. The molecular weight excluding hydrogens is 813 g/mol. The number of Topliss-reactive ketones (excluding diaryl/α,β-unsaturated/α-hetero) is 1. The van der Waals surface area contributed by atoms with E-state index < -0.39 is 82.7 Å². The smallest absolute Gasteiger partial charge is 0.312 e. The number of phenols is 1. The number of fused-ring (bicyclic) bond motifs is 3. The van der Waals surface area contributed by atoms with Crippen LogP contribution >= 0.6 is 0 Å². The molecule has 63 heavy (non-hydrogen) atoms. The van der Waals surface area contributed by atoms with E-state index in [9.17, 15) is 34.5 Å². The molecule has 4 heterocycles. The molecule has 4 N–H and O–H groups in total. The Bertz CT molecular complexity index is 2690. The van der Waals surface area contributed by atoms with E-state index in [1.165, 1.54) is 46.3 Å². The molecule has 3 aromatic carbocycles. The first kappa shape index (κ1) is 45.1. The number of ether oxygens (including phenoxy) is 4. The predicted octanol–water partition coefficient (Wildman–Crippen LogP) is 5.88. The summed E-state index contributed by atoms with van der Waals surface area (Å²) in [4.78, 5) is 64.7. The molecule has 0 unspecified atom stereocenters. The molecule has 0 saturated heterocycles. The van der Waals surface area contributed by atoms with Gasteiger partial charge in [-0.1, -0.05) is 45.9 Å². The van der Waals surface area contributed by atoms with Crippen molar-refractivity contribution in [1.82, 2.24) is 4.98 Å². The van der Waals surface area contributed by atoms with Gasteiger partial charge in [0.15, 0.2) is 22.3 Å². The van der Waals surface area contributed by atoms with Gasteiger partial charge in [-0.3, -0.25) is 19.2 Å². The lowest BCUT2D eigenvalue weighted by atomic mass is 9.78. The largest absolute Gasteiger partial charge is 0.505 e. The fourth-order valence-electron chi connectivity index (χ4n) is 8.99. The summed E-state index contributed by atoms with van der Waals surface area (Å²) in [5.74, 6) is -7.16. The van der Waals surface area contributed by atoms with Gasteiger partial charge in [-0.25, -0.2) is 4.98 Å². The van der Waals surface area contributed by atoms with E-state index in [4.69, 9.17) is 28.3 Å². The minimum Gasteiger partial charge on any atom is -0.505 e. The molecule has 3 aliphatic rings. The first-order chi connectivity index (χ1) is 29.7. The molecule has 7 rings (SSSR count). The summed E-state index contributed by atoms with van der Waals surface area (Å²) < 4.78 is 30.5. The van der Waals surface area contributed by atoms with Crippen molar-refractivity contribution < 1.29 is 53.1 Å². The zero-order valence-corrected chi connectivity index (χ0v) is 37.4. The van der Waals surface area contributed by atoms with Gasteiger partial charge in [0.1, 0.15) is 28.6 Å². The van der Waals surface area contributed by atoms with Crippen LogP contribution in [0.4, 0.5) is 17.1 Å². The highest BCUT2D eigenvalue weighted by molar-refractivity contribution is 6.26. The topological polar surface area (TPSA) is 210 Å². The molecule has 0 saturated carbocycles. The lowest BCUT2D eigenvalue weighted by Gasteiger charge is -2.38. The highest BCUT2D eigenvalue weighted by atomic mass is 16.7. The normalized spacial score (nSPS) is 30.1. The summed E-state index contributed by atoms with van der Waals surface area (Å²) in [5, 5.41) is 37.5. The number of nitrogens with zero attached hydrogens (tertiary/aromatic N) is 3. The molecule has 4 aromatic rings. The minimum absolute atomic E-state index is 0.00275. The van der Waals surface area contributed by atoms with Crippen LogP contribution in [0.2, 0.25) is 0 Å². The number of carbonyl (C=O) groups excluding carboxylic acids is 3. The Balaban J connectivity index is 1.47. The van der Waals surface area contributed by atoms with Crippen LogP contribution in [-0.2, 0) is 23.8 Å². The van der Waals surface area contributed by atoms with Gasteiger partial charge in [-0.15, -0.1) is 0 Å². The van der Waals surface area contributed by atoms with Gasteiger partial charge in [-0.2, -0.15) is 0 Å². The van der Waals surface area contributed by atoms with Crippen molar-refractivity contribution in [1.29, 1.82) is 0 Å². The third-order valence-corrected chi connectivity index (χ3v) is 13.0. The fourth-order valence-corrected chi connectivity index (χ4v) is 8.99. The standard InChI is InChI=1S/C47H56N4O12/c1-21-13-12-14-22(2)46(58)49-37-41(56)34-33(36-44(37)62-32-20-30-29(19-28(32)48-36)50(9)16-17-51(30)10)35-43(26(6)40(34)55)63-47(8,45(35)57)60-18-15-31(59-11)23(3)42(61-27(7)52)25(5)39(54)24(4)38(21)53/h12-15,18-21,23-25,31,38-39,42,53-54,56H,16-17H2,1-11H3,(H,49,58)/b13-12+,18-15+,22-14-/t21-,23+,24+,25+,31-,38-,39+,42+,47-/m0/s1. The van der Waals surface area contributed by atoms with E-state index in [-0.39, 0.29) is 50.0 Å². The number of aromatic nitrogens is 1. The van der Waals surface area contributed by atoms with E-state index in [0.717, 1.165) is 24.5 Å². The van der Waals surface area contributed by atoms with Gasteiger partial charge in [0.25, 0.3) is 11.7 Å². The minimum atomic E-state index is -2.04. The van der Waals surface area contributed by atoms with Gasteiger partial charge in [0.05, 0.1) is 46.9 Å². The second kappa shape index (κ2) is 17.0. The van der Waals surface area contributed by atoms with Crippen LogP contribution in [-0.4, -0.2) is 102 Å². The number of phenolic OH excluding ortho intramolecular Hbond substituents is 1. The van der Waals surface area contributed by atoms with Gasteiger partial charge in [0.2, 0.25) is 0 Å². The number of ketones is 1. The highest BCUT2D eigenvalue weighted by Gasteiger charge is 2.49. The number of aliphatic hydroxyl groups excluding tert-OH is 2. The summed E-state index contributed by atoms with van der Waals surface area (Å²) in [6.07, 6.45) is 3.68. The van der Waals surface area contributed by atoms with Gasteiger partial charge >= 0.3 is 11.8 Å². The zero-order valence-electron chi connectivity index (χ0n) is 37.4. The number of nitrogens with one attached hydrogen (secondary N) is 1. The van der Waals surface area contributed by atoms with Gasteiger partial charge in [0, 0.05) is 94.4 Å². The Labute approximate surface area is 364 Å². The number of likely N-dealkylation sites (N-methyl/N-ethyl adjacent to an activating group) is 2. The van der Waals surface area contributed by atoms with Crippen molar-refractivity contribution in [2.45, 2.75) is 85.6 Å². The van der Waals surface area contributed by atoms with Crippen LogP contribution in [0.25, 0.3) is 33.0 Å². The number of methoxy groups -OCH3 is 1. The van der Waals surface area contributed by atoms with Crippen molar-refractivity contribution in [2.24, 2.45) is 23.7 Å². The summed E-state index contributed by atoms with van der Waals surface area (Å²) in [6, 6.07) is 3.66. The van der Waals surface area contributed by atoms with Crippen LogP contribution in [0.1, 0.15) is 64.4 Å². The van der Waals surface area contributed by atoms with Crippen LogP contribution < -0.4 is 25.3 Å². The van der Waals surface area contributed by atoms with Crippen LogP contribution in [0.15, 0.2) is 57.5 Å². The summed E-state index contributed by atoms with van der Waals surface area (Å²) in [5.41, 5.74) is 1.54. The van der Waals surface area contributed by atoms with E-state index >= 15 is 0 Å². The second-order valence-electron chi connectivity index (χ2n) is 17.4. The molecule has 9 atom stereocenters. The van der Waals surface area contributed by atoms with E-state index in [1.807, 2.05) is 26.2 Å². The molecule has 3 aliphatic heterocycles. The molecule has 0 spiro atoms.